The van der Waals surface area contributed by atoms with Crippen molar-refractivity contribution in [3.05, 3.63) is 40.1 Å². The summed E-state index contributed by atoms with van der Waals surface area (Å²) in [5, 5.41) is 20.8. The molecule has 0 radical (unpaired) electrons. The average Bonchev–Trinajstić information content (AvgIpc) is 2.97. The Balaban J connectivity index is 2.00. The van der Waals surface area contributed by atoms with Crippen LogP contribution in [0.25, 0.3) is 10.9 Å². The molecule has 126 valence electrons. The van der Waals surface area contributed by atoms with Crippen LogP contribution in [0.5, 0.6) is 0 Å². The lowest BCUT2D eigenvalue weighted by atomic mass is 9.92. The Morgan fingerprint density at radius 2 is 2.17 bits per heavy atom. The van der Waals surface area contributed by atoms with Crippen molar-refractivity contribution in [2.75, 3.05) is 6.54 Å². The fourth-order valence-electron chi connectivity index (χ4n) is 3.17. The lowest BCUT2D eigenvalue weighted by molar-refractivity contribution is -0.384. The molecule has 1 aliphatic heterocycles. The maximum atomic E-state index is 12.9. The van der Waals surface area contributed by atoms with Crippen LogP contribution in [0.2, 0.25) is 0 Å². The molecule has 1 aromatic heterocycles. The van der Waals surface area contributed by atoms with Gasteiger partial charge < -0.3 is 15.0 Å². The van der Waals surface area contributed by atoms with E-state index in [1.54, 1.807) is 0 Å². The van der Waals surface area contributed by atoms with Crippen LogP contribution in [0, 0.1) is 16.0 Å². The van der Waals surface area contributed by atoms with E-state index in [9.17, 15) is 24.8 Å². The Morgan fingerprint density at radius 1 is 1.42 bits per heavy atom. The third-order valence-corrected chi connectivity index (χ3v) is 4.52. The molecule has 1 aromatic carbocycles. The van der Waals surface area contributed by atoms with Crippen molar-refractivity contribution in [3.8, 4) is 0 Å². The number of non-ortho nitro benzene ring substituents is 1. The van der Waals surface area contributed by atoms with Gasteiger partial charge in [-0.2, -0.15) is 0 Å². The normalized spacial score (nSPS) is 21.0. The number of H-pyrrole nitrogens is 1. The van der Waals surface area contributed by atoms with Gasteiger partial charge in [0.2, 0.25) is 0 Å². The van der Waals surface area contributed by atoms with Crippen molar-refractivity contribution < 1.29 is 19.6 Å². The number of carbonyl (C=O) groups is 2. The molecule has 1 amide bonds. The van der Waals surface area contributed by atoms with Crippen molar-refractivity contribution >= 4 is 28.5 Å². The molecule has 2 atom stereocenters. The fourth-order valence-corrected chi connectivity index (χ4v) is 3.17. The molecular formula is C16H17N3O5. The maximum Gasteiger partial charge on any atom is 0.326 e. The number of rotatable bonds is 3. The van der Waals surface area contributed by atoms with Gasteiger partial charge in [0.1, 0.15) is 6.04 Å². The monoisotopic (exact) mass is 331 g/mol. The quantitative estimate of drug-likeness (QED) is 0.661. The molecule has 0 saturated carbocycles. The van der Waals surface area contributed by atoms with Gasteiger partial charge in [0.25, 0.3) is 11.6 Å². The van der Waals surface area contributed by atoms with Crippen LogP contribution in [0.4, 0.5) is 5.69 Å². The summed E-state index contributed by atoms with van der Waals surface area (Å²) < 4.78 is 0. The smallest absolute Gasteiger partial charge is 0.326 e. The zero-order chi connectivity index (χ0) is 17.4. The number of nitrogens with one attached hydrogen (secondary N) is 1. The molecule has 0 spiro atoms. The van der Waals surface area contributed by atoms with Gasteiger partial charge in [-0.15, -0.1) is 0 Å². The maximum absolute atomic E-state index is 12.9. The minimum Gasteiger partial charge on any atom is -0.480 e. The number of aromatic nitrogens is 1. The Bertz CT molecular complexity index is 828. The molecule has 1 saturated heterocycles. The number of amides is 1. The van der Waals surface area contributed by atoms with Crippen LogP contribution in [0.3, 0.4) is 0 Å². The van der Waals surface area contributed by atoms with E-state index in [1.165, 1.54) is 29.3 Å². The summed E-state index contributed by atoms with van der Waals surface area (Å²) in [5.41, 5.74) is 0.744. The molecule has 1 aliphatic rings. The number of hydrogen-bond donors (Lipinski definition) is 2. The van der Waals surface area contributed by atoms with E-state index in [2.05, 4.69) is 4.98 Å². The second kappa shape index (κ2) is 5.95. The minimum absolute atomic E-state index is 0.113. The van der Waals surface area contributed by atoms with Crippen LogP contribution in [0.15, 0.2) is 24.4 Å². The number of aromatic amines is 1. The largest absolute Gasteiger partial charge is 0.480 e. The lowest BCUT2D eigenvalue weighted by Gasteiger charge is -2.35. The van der Waals surface area contributed by atoms with Crippen molar-refractivity contribution in [2.45, 2.75) is 25.8 Å². The molecule has 2 aromatic rings. The average molecular weight is 331 g/mol. The van der Waals surface area contributed by atoms with Crippen LogP contribution in [-0.2, 0) is 4.79 Å². The van der Waals surface area contributed by atoms with Gasteiger partial charge in [0.15, 0.2) is 0 Å². The summed E-state index contributed by atoms with van der Waals surface area (Å²) in [5.74, 6) is -1.21. The van der Waals surface area contributed by atoms with Crippen molar-refractivity contribution in [3.63, 3.8) is 0 Å². The van der Waals surface area contributed by atoms with Gasteiger partial charge in [-0.1, -0.05) is 6.92 Å². The Kier molecular flexibility index (Phi) is 3.96. The predicted molar refractivity (Wildman–Crippen MR) is 85.8 cm³/mol. The van der Waals surface area contributed by atoms with E-state index < -0.39 is 22.8 Å². The van der Waals surface area contributed by atoms with Gasteiger partial charge in [-0.05, 0) is 24.8 Å². The number of carboxylic acid groups (broad SMARTS) is 1. The lowest BCUT2D eigenvalue weighted by Crippen LogP contribution is -2.49. The van der Waals surface area contributed by atoms with Crippen LogP contribution in [-0.4, -0.2) is 44.4 Å². The highest BCUT2D eigenvalue weighted by molar-refractivity contribution is 6.08. The van der Waals surface area contributed by atoms with Gasteiger partial charge in [-0.3, -0.25) is 14.9 Å². The Hall–Kier alpha value is -2.90. The number of aliphatic carboxylic acids is 1. The number of likely N-dealkylation sites (tertiary alicyclic amines) is 1. The molecule has 0 aliphatic carbocycles. The SMILES string of the molecule is CC1CCN(C(=O)c2c[nH]c3ccc([N+](=O)[O-])cc23)C(C(=O)O)C1. The summed E-state index contributed by atoms with van der Waals surface area (Å²) in [6, 6.07) is 3.36. The highest BCUT2D eigenvalue weighted by Gasteiger charge is 2.36. The summed E-state index contributed by atoms with van der Waals surface area (Å²) in [4.78, 5) is 39.0. The van der Waals surface area contributed by atoms with Gasteiger partial charge in [0, 0.05) is 35.8 Å². The zero-order valence-corrected chi connectivity index (χ0v) is 13.1. The molecule has 0 bridgehead atoms. The highest BCUT2D eigenvalue weighted by atomic mass is 16.6. The third kappa shape index (κ3) is 2.70. The summed E-state index contributed by atoms with van der Waals surface area (Å²) in [6.07, 6.45) is 2.62. The second-order valence-electron chi connectivity index (χ2n) is 6.17. The number of nitro benzene ring substituents is 1. The van der Waals surface area contributed by atoms with Crippen LogP contribution >= 0.6 is 0 Å². The molecular weight excluding hydrogens is 314 g/mol. The summed E-state index contributed by atoms with van der Waals surface area (Å²) >= 11 is 0. The molecule has 2 N–H and O–H groups in total. The molecule has 1 fully saturated rings. The second-order valence-corrected chi connectivity index (χ2v) is 6.17. The van der Waals surface area contributed by atoms with E-state index >= 15 is 0 Å². The fraction of sp³-hybridized carbons (Fsp3) is 0.375. The van der Waals surface area contributed by atoms with Crippen molar-refractivity contribution in [1.82, 2.24) is 9.88 Å². The molecule has 2 heterocycles. The molecule has 8 heteroatoms. The molecule has 3 rings (SSSR count). The molecule has 24 heavy (non-hydrogen) atoms. The van der Waals surface area contributed by atoms with Gasteiger partial charge in [-0.25, -0.2) is 4.79 Å². The molecule has 2 unspecified atom stereocenters. The first-order chi connectivity index (χ1) is 11.4. The standard InChI is InChI=1S/C16H17N3O5/c1-9-4-5-18(14(6-9)16(21)22)15(20)12-8-17-13-3-2-10(19(23)24)7-11(12)13/h2-3,7-9,14,17H,4-6H2,1H3,(H,21,22). The summed E-state index contributed by atoms with van der Waals surface area (Å²) in [7, 11) is 0. The first-order valence-corrected chi connectivity index (χ1v) is 7.67. The van der Waals surface area contributed by atoms with Crippen LogP contribution in [0.1, 0.15) is 30.1 Å². The van der Waals surface area contributed by atoms with E-state index in [0.29, 0.717) is 23.9 Å². The minimum atomic E-state index is -1.03. The third-order valence-electron chi connectivity index (χ3n) is 4.52. The number of carbonyl (C=O) groups excluding carboxylic acids is 1. The van der Waals surface area contributed by atoms with Crippen molar-refractivity contribution in [2.24, 2.45) is 5.92 Å². The summed E-state index contributed by atoms with van der Waals surface area (Å²) in [6.45, 7) is 2.32. The number of hydrogen-bond acceptors (Lipinski definition) is 4. The topological polar surface area (TPSA) is 117 Å². The van der Waals surface area contributed by atoms with E-state index in [4.69, 9.17) is 0 Å². The Morgan fingerprint density at radius 3 is 2.83 bits per heavy atom. The van der Waals surface area contributed by atoms with Crippen molar-refractivity contribution in [1.29, 1.82) is 0 Å². The predicted octanol–water partition coefficient (Wildman–Crippen LogP) is 2.40. The number of piperidine rings is 1. The number of fused-ring (bicyclic) bond motifs is 1. The van der Waals surface area contributed by atoms with E-state index in [0.717, 1.165) is 6.42 Å². The number of carboxylic acids is 1. The number of nitro groups is 1. The highest BCUT2D eigenvalue weighted by Crippen LogP contribution is 2.28. The van der Waals surface area contributed by atoms with Gasteiger partial charge >= 0.3 is 5.97 Å². The first-order valence-electron chi connectivity index (χ1n) is 7.67. The van der Waals surface area contributed by atoms with E-state index in [-0.39, 0.29) is 17.2 Å². The van der Waals surface area contributed by atoms with E-state index in [1.807, 2.05) is 6.92 Å². The Labute approximate surface area is 137 Å². The zero-order valence-electron chi connectivity index (χ0n) is 13.1. The van der Waals surface area contributed by atoms with Gasteiger partial charge in [0.05, 0.1) is 10.5 Å². The molecule has 8 nitrogen and oxygen atoms in total. The number of nitrogens with zero attached hydrogens (tertiary/aromatic N) is 2. The van der Waals surface area contributed by atoms with Crippen LogP contribution < -0.4 is 0 Å². The number of benzene rings is 1. The first kappa shape index (κ1) is 16.0.